The molecule has 0 fully saturated rings. The Bertz CT molecular complexity index is 462. The van der Waals surface area contributed by atoms with E-state index in [1.54, 1.807) is 0 Å². The molecule has 0 radical (unpaired) electrons. The summed E-state index contributed by atoms with van der Waals surface area (Å²) >= 11 is 0. The number of phosphoric acid groups is 1. The molecule has 27 heavy (non-hydrogen) atoms. The molecule has 8 heteroatoms. The zero-order chi connectivity index (χ0) is 21.8. The van der Waals surface area contributed by atoms with E-state index in [1.165, 1.54) is 0 Å². The van der Waals surface area contributed by atoms with Gasteiger partial charge in [-0.25, -0.2) is 4.57 Å². The van der Waals surface area contributed by atoms with Crippen molar-refractivity contribution in [2.75, 3.05) is 6.35 Å². The number of phosphoric ester groups is 1. The van der Waals surface area contributed by atoms with Gasteiger partial charge in [-0.1, -0.05) is 0 Å². The van der Waals surface area contributed by atoms with Crippen LogP contribution in [0.5, 0.6) is 0 Å². The zero-order valence-electron chi connectivity index (χ0n) is 19.7. The van der Waals surface area contributed by atoms with E-state index in [9.17, 15) is 4.57 Å². The first-order chi connectivity index (χ1) is 11.7. The van der Waals surface area contributed by atoms with Crippen LogP contribution in [0.15, 0.2) is 0 Å². The van der Waals surface area contributed by atoms with Crippen molar-refractivity contribution in [3.63, 3.8) is 0 Å². The van der Waals surface area contributed by atoms with E-state index in [4.69, 9.17) is 18.1 Å². The van der Waals surface area contributed by atoms with Crippen LogP contribution in [-0.2, 0) is 22.7 Å². The molecule has 0 rings (SSSR count). The van der Waals surface area contributed by atoms with Crippen molar-refractivity contribution in [1.82, 2.24) is 4.67 Å². The summed E-state index contributed by atoms with van der Waals surface area (Å²) < 4.78 is 39.2. The summed E-state index contributed by atoms with van der Waals surface area (Å²) in [6.07, 6.45) is 0.145. The minimum atomic E-state index is -3.77. The lowest BCUT2D eigenvalue weighted by atomic mass is 10.2. The van der Waals surface area contributed by atoms with Crippen molar-refractivity contribution in [2.45, 2.75) is 119 Å². The van der Waals surface area contributed by atoms with E-state index in [0.29, 0.717) is 0 Å². The fourth-order valence-electron chi connectivity index (χ4n) is 2.43. The van der Waals surface area contributed by atoms with Crippen molar-refractivity contribution >= 4 is 16.1 Å². The molecule has 6 nitrogen and oxygen atoms in total. The molecular weight excluding hydrogens is 384 g/mol. The Morgan fingerprint density at radius 2 is 1.15 bits per heavy atom. The molecule has 0 aromatic carbocycles. The van der Waals surface area contributed by atoms with Crippen LogP contribution in [0.25, 0.3) is 0 Å². The molecule has 0 aromatic rings. The monoisotopic (exact) mass is 427 g/mol. The van der Waals surface area contributed by atoms with Crippen LogP contribution in [0.2, 0.25) is 0 Å². The second-order valence-corrected chi connectivity index (χ2v) is 13.4. The highest BCUT2D eigenvalue weighted by molar-refractivity contribution is 7.52. The molecule has 164 valence electrons. The van der Waals surface area contributed by atoms with Crippen LogP contribution in [0.3, 0.4) is 0 Å². The third kappa shape index (κ3) is 12.6. The molecular formula is C19H43NO5P2. The van der Waals surface area contributed by atoms with Gasteiger partial charge in [0.05, 0.1) is 16.8 Å². The molecule has 0 bridgehead atoms. The van der Waals surface area contributed by atoms with Gasteiger partial charge in [0.2, 0.25) is 0 Å². The maximum absolute atomic E-state index is 13.3. The predicted octanol–water partition coefficient (Wildman–Crippen LogP) is 6.94. The number of nitrogens with zero attached hydrogens (tertiary/aromatic N) is 1. The van der Waals surface area contributed by atoms with E-state index in [0.717, 1.165) is 0 Å². The summed E-state index contributed by atoms with van der Waals surface area (Å²) in [5.74, 6) is 0. The first kappa shape index (κ1) is 27.5. The first-order valence-corrected chi connectivity index (χ1v) is 12.5. The Hall–Kier alpha value is 0.460. The van der Waals surface area contributed by atoms with E-state index < -0.39 is 27.3 Å². The Morgan fingerprint density at radius 1 is 0.778 bits per heavy atom. The highest BCUT2D eigenvalue weighted by atomic mass is 31.2. The van der Waals surface area contributed by atoms with Crippen LogP contribution in [0.1, 0.15) is 90.0 Å². The molecule has 0 spiro atoms. The van der Waals surface area contributed by atoms with Gasteiger partial charge >= 0.3 is 7.82 Å². The van der Waals surface area contributed by atoms with E-state index in [2.05, 4.69) is 32.4 Å². The number of hydrogen-bond acceptors (Lipinski definition) is 6. The third-order valence-electron chi connectivity index (χ3n) is 2.79. The minimum Gasteiger partial charge on any atom is -0.336 e. The fourth-order valence-corrected chi connectivity index (χ4v) is 6.82. The zero-order valence-corrected chi connectivity index (χ0v) is 21.5. The van der Waals surface area contributed by atoms with E-state index >= 15 is 0 Å². The average molecular weight is 428 g/mol. The van der Waals surface area contributed by atoms with Gasteiger partial charge in [0, 0.05) is 12.1 Å². The highest BCUT2D eigenvalue weighted by Gasteiger charge is 2.39. The maximum atomic E-state index is 13.3. The van der Waals surface area contributed by atoms with Crippen LogP contribution in [0, 0.1) is 0 Å². The van der Waals surface area contributed by atoms with Crippen molar-refractivity contribution in [1.29, 1.82) is 0 Å². The third-order valence-corrected chi connectivity index (χ3v) is 7.53. The number of hydrogen-bond donors (Lipinski definition) is 0. The quantitative estimate of drug-likeness (QED) is 0.371. The van der Waals surface area contributed by atoms with Gasteiger partial charge in [-0.3, -0.25) is 18.2 Å². The molecule has 0 aliphatic rings. The molecule has 0 N–H and O–H groups in total. The van der Waals surface area contributed by atoms with E-state index in [1.807, 2.05) is 62.3 Å². The topological polar surface area (TPSA) is 57.2 Å². The predicted molar refractivity (Wildman–Crippen MR) is 115 cm³/mol. The lowest BCUT2D eigenvalue weighted by molar-refractivity contribution is 0.00628. The number of rotatable bonds is 9. The Labute approximate surface area is 169 Å². The summed E-state index contributed by atoms with van der Waals surface area (Å²) in [6, 6.07) is 0.516. The molecule has 0 saturated heterocycles. The van der Waals surface area contributed by atoms with Crippen molar-refractivity contribution < 1.29 is 22.7 Å². The standard InChI is InChI=1S/C19H43NO5P2/c1-15(2)20(16(3)4)26(23-17(5,6)7)14-22-27(21,24-18(8,9)10)25-19(11,12)13/h15-16H,14H2,1-13H3. The lowest BCUT2D eigenvalue weighted by Crippen LogP contribution is -2.36. The first-order valence-electron chi connectivity index (χ1n) is 9.66. The lowest BCUT2D eigenvalue weighted by Gasteiger charge is -2.40. The molecule has 0 saturated carbocycles. The van der Waals surface area contributed by atoms with Gasteiger partial charge in [0.25, 0.3) is 0 Å². The largest absolute Gasteiger partial charge is 0.476 e. The Morgan fingerprint density at radius 3 is 1.41 bits per heavy atom. The van der Waals surface area contributed by atoms with Gasteiger partial charge in [-0.2, -0.15) is 0 Å². The maximum Gasteiger partial charge on any atom is 0.476 e. The smallest absolute Gasteiger partial charge is 0.336 e. The van der Waals surface area contributed by atoms with Crippen LogP contribution < -0.4 is 0 Å². The molecule has 0 aliphatic heterocycles. The Balaban J connectivity index is 5.61. The summed E-state index contributed by atoms with van der Waals surface area (Å²) in [4.78, 5) is 0. The van der Waals surface area contributed by atoms with Crippen molar-refractivity contribution in [2.24, 2.45) is 0 Å². The second-order valence-electron chi connectivity index (χ2n) is 10.2. The second kappa shape index (κ2) is 9.98. The Kier molecular flexibility index (Phi) is 10.1. The van der Waals surface area contributed by atoms with Crippen LogP contribution in [-0.4, -0.2) is 39.9 Å². The van der Waals surface area contributed by atoms with Gasteiger partial charge in [-0.05, 0) is 90.0 Å². The van der Waals surface area contributed by atoms with Gasteiger partial charge in [0.1, 0.15) is 14.6 Å². The van der Waals surface area contributed by atoms with Gasteiger partial charge < -0.3 is 4.52 Å². The van der Waals surface area contributed by atoms with Crippen LogP contribution >= 0.6 is 16.1 Å². The molecule has 0 aliphatic carbocycles. The molecule has 0 aromatic heterocycles. The molecule has 1 atom stereocenters. The van der Waals surface area contributed by atoms with Crippen molar-refractivity contribution in [3.8, 4) is 0 Å². The van der Waals surface area contributed by atoms with Crippen LogP contribution in [0.4, 0.5) is 0 Å². The summed E-state index contributed by atoms with van der Waals surface area (Å²) in [7, 11) is -4.93. The van der Waals surface area contributed by atoms with E-state index in [-0.39, 0.29) is 24.0 Å². The molecule has 1 unspecified atom stereocenters. The molecule has 0 heterocycles. The average Bonchev–Trinajstić information content (AvgIpc) is 2.28. The fraction of sp³-hybridized carbons (Fsp3) is 1.00. The van der Waals surface area contributed by atoms with Gasteiger partial charge in [-0.15, -0.1) is 0 Å². The van der Waals surface area contributed by atoms with Gasteiger partial charge in [0.15, 0.2) is 0 Å². The SMILES string of the molecule is CC(C)N(C(C)C)P(COP(=O)(OC(C)(C)C)OC(C)(C)C)OC(C)(C)C. The van der Waals surface area contributed by atoms with Crippen molar-refractivity contribution in [3.05, 3.63) is 0 Å². The summed E-state index contributed by atoms with van der Waals surface area (Å²) in [6.45, 7) is 25.5. The summed E-state index contributed by atoms with van der Waals surface area (Å²) in [5, 5.41) is 0. The molecule has 0 amide bonds. The summed E-state index contributed by atoms with van der Waals surface area (Å²) in [5.41, 5.74) is -1.68. The highest BCUT2D eigenvalue weighted by Crippen LogP contribution is 2.59. The normalized spacial score (nSPS) is 15.9. The minimum absolute atomic E-state index is 0.145.